The van der Waals surface area contributed by atoms with Crippen LogP contribution in [0.2, 0.25) is 0 Å². The highest BCUT2D eigenvalue weighted by Gasteiger charge is 2.20. The summed E-state index contributed by atoms with van der Waals surface area (Å²) in [7, 11) is 0. The monoisotopic (exact) mass is 418 g/mol. The molecule has 0 unspecified atom stereocenters. The van der Waals surface area contributed by atoms with Crippen molar-refractivity contribution in [2.45, 2.75) is 31.7 Å². The van der Waals surface area contributed by atoms with Gasteiger partial charge in [-0.15, -0.1) is 10.2 Å². The molecular weight excluding hydrogens is 400 g/mol. The number of thioether (sulfide) groups is 1. The molecule has 150 valence electrons. The first-order valence-corrected chi connectivity index (χ1v) is 10.4. The third-order valence-corrected chi connectivity index (χ3v) is 5.88. The number of para-hydroxylation sites is 2. The van der Waals surface area contributed by atoms with Crippen LogP contribution in [0.15, 0.2) is 56.9 Å². The standard InChI is InChI=1S/C21H18N6O2S/c1-12-7-6-8-13(2)18(12)27-19(28)15-9-4-5-10-16(15)26-20(27)23-24-21(26)30-11-17-22-14(3)29-25-17/h4-10H,11H2,1-3H3. The van der Waals surface area contributed by atoms with E-state index in [1.165, 1.54) is 11.8 Å². The maximum Gasteiger partial charge on any atom is 0.267 e. The molecule has 0 bridgehead atoms. The van der Waals surface area contributed by atoms with Crippen LogP contribution in [0.25, 0.3) is 22.4 Å². The summed E-state index contributed by atoms with van der Waals surface area (Å²) in [5, 5.41) is 14.0. The highest BCUT2D eigenvalue weighted by Crippen LogP contribution is 2.26. The van der Waals surface area contributed by atoms with Crippen molar-refractivity contribution in [2.24, 2.45) is 0 Å². The average molecular weight is 418 g/mol. The molecule has 2 aromatic carbocycles. The van der Waals surface area contributed by atoms with Crippen LogP contribution in [0.3, 0.4) is 0 Å². The predicted octanol–water partition coefficient (Wildman–Crippen LogP) is 3.63. The van der Waals surface area contributed by atoms with E-state index in [4.69, 9.17) is 4.52 Å². The number of rotatable bonds is 4. The number of fused-ring (bicyclic) bond motifs is 3. The minimum atomic E-state index is -0.117. The third-order valence-electron chi connectivity index (χ3n) is 4.96. The zero-order valence-electron chi connectivity index (χ0n) is 16.7. The number of hydrogen-bond acceptors (Lipinski definition) is 7. The van der Waals surface area contributed by atoms with Gasteiger partial charge >= 0.3 is 0 Å². The summed E-state index contributed by atoms with van der Waals surface area (Å²) < 4.78 is 8.62. The summed E-state index contributed by atoms with van der Waals surface area (Å²) in [5.41, 5.74) is 3.46. The van der Waals surface area contributed by atoms with Crippen LogP contribution in [-0.2, 0) is 5.75 Å². The van der Waals surface area contributed by atoms with Crippen LogP contribution < -0.4 is 5.56 Å². The molecule has 3 aromatic heterocycles. The lowest BCUT2D eigenvalue weighted by Gasteiger charge is -2.15. The van der Waals surface area contributed by atoms with Gasteiger partial charge in [0.15, 0.2) is 11.0 Å². The molecule has 0 aliphatic rings. The van der Waals surface area contributed by atoms with Gasteiger partial charge in [0.25, 0.3) is 5.56 Å². The van der Waals surface area contributed by atoms with Crippen molar-refractivity contribution < 1.29 is 4.52 Å². The molecule has 9 heteroatoms. The highest BCUT2D eigenvalue weighted by molar-refractivity contribution is 7.98. The summed E-state index contributed by atoms with van der Waals surface area (Å²) in [6.07, 6.45) is 0. The summed E-state index contributed by atoms with van der Waals surface area (Å²) in [6, 6.07) is 13.5. The molecular formula is C21H18N6O2S. The van der Waals surface area contributed by atoms with Crippen molar-refractivity contribution in [1.29, 1.82) is 0 Å². The van der Waals surface area contributed by atoms with Crippen molar-refractivity contribution in [3.05, 3.63) is 75.7 Å². The van der Waals surface area contributed by atoms with Crippen LogP contribution in [0.5, 0.6) is 0 Å². The summed E-state index contributed by atoms with van der Waals surface area (Å²) in [6.45, 7) is 5.74. The minimum absolute atomic E-state index is 0.117. The number of benzene rings is 2. The van der Waals surface area contributed by atoms with Gasteiger partial charge in [-0.2, -0.15) is 4.98 Å². The van der Waals surface area contributed by atoms with E-state index in [1.807, 2.05) is 60.7 Å². The molecule has 0 aliphatic carbocycles. The van der Waals surface area contributed by atoms with Crippen molar-refractivity contribution in [3.63, 3.8) is 0 Å². The zero-order chi connectivity index (χ0) is 20.8. The van der Waals surface area contributed by atoms with Crippen LogP contribution in [0, 0.1) is 20.8 Å². The summed E-state index contributed by atoms with van der Waals surface area (Å²) in [5.74, 6) is 2.06. The molecule has 0 N–H and O–H groups in total. The normalized spacial score (nSPS) is 11.6. The van der Waals surface area contributed by atoms with Crippen molar-refractivity contribution >= 4 is 28.4 Å². The molecule has 8 nitrogen and oxygen atoms in total. The number of aryl methyl sites for hydroxylation is 3. The Morgan fingerprint density at radius 2 is 1.77 bits per heavy atom. The van der Waals surface area contributed by atoms with Crippen molar-refractivity contribution in [1.82, 2.24) is 29.3 Å². The fourth-order valence-corrected chi connectivity index (χ4v) is 4.44. The van der Waals surface area contributed by atoms with Gasteiger partial charge in [0.2, 0.25) is 11.7 Å². The topological polar surface area (TPSA) is 91.1 Å². The molecule has 0 aliphatic heterocycles. The first-order chi connectivity index (χ1) is 14.5. The van der Waals surface area contributed by atoms with Crippen LogP contribution in [0.1, 0.15) is 22.8 Å². The van der Waals surface area contributed by atoms with Crippen LogP contribution in [0.4, 0.5) is 0 Å². The van der Waals surface area contributed by atoms with Crippen LogP contribution >= 0.6 is 11.8 Å². The fourth-order valence-electron chi connectivity index (χ4n) is 3.66. The predicted molar refractivity (Wildman–Crippen MR) is 114 cm³/mol. The number of aromatic nitrogens is 6. The quantitative estimate of drug-likeness (QED) is 0.412. The van der Waals surface area contributed by atoms with Gasteiger partial charge < -0.3 is 4.52 Å². The van der Waals surface area contributed by atoms with Gasteiger partial charge in [0, 0.05) is 6.92 Å². The average Bonchev–Trinajstić information content (AvgIpc) is 3.34. The van der Waals surface area contributed by atoms with E-state index in [0.29, 0.717) is 33.8 Å². The summed E-state index contributed by atoms with van der Waals surface area (Å²) >= 11 is 1.44. The van der Waals surface area contributed by atoms with Gasteiger partial charge in [0.1, 0.15) is 0 Å². The van der Waals surface area contributed by atoms with E-state index in [9.17, 15) is 4.79 Å². The lowest BCUT2D eigenvalue weighted by molar-refractivity contribution is 0.389. The molecule has 0 atom stereocenters. The number of nitrogens with zero attached hydrogens (tertiary/aromatic N) is 6. The molecule has 30 heavy (non-hydrogen) atoms. The van der Waals surface area contributed by atoms with Gasteiger partial charge in [-0.3, -0.25) is 9.20 Å². The van der Waals surface area contributed by atoms with Crippen molar-refractivity contribution in [3.8, 4) is 5.69 Å². The Morgan fingerprint density at radius 1 is 1.00 bits per heavy atom. The first-order valence-electron chi connectivity index (χ1n) is 9.42. The Morgan fingerprint density at radius 3 is 2.50 bits per heavy atom. The fraction of sp³-hybridized carbons (Fsp3) is 0.190. The lowest BCUT2D eigenvalue weighted by Crippen LogP contribution is -2.23. The highest BCUT2D eigenvalue weighted by atomic mass is 32.2. The molecule has 0 saturated carbocycles. The van der Waals surface area contributed by atoms with Gasteiger partial charge in [-0.25, -0.2) is 4.57 Å². The molecule has 0 fully saturated rings. The molecule has 0 radical (unpaired) electrons. The van der Waals surface area contributed by atoms with Crippen molar-refractivity contribution in [2.75, 3.05) is 0 Å². The maximum absolute atomic E-state index is 13.5. The van der Waals surface area contributed by atoms with Gasteiger partial charge in [-0.05, 0) is 37.1 Å². The molecule has 5 aromatic rings. The Labute approximate surface area is 175 Å². The SMILES string of the molecule is Cc1nc(CSc2nnc3n(-c4c(C)cccc4C)c(=O)c4ccccc4n23)no1. The summed E-state index contributed by atoms with van der Waals surface area (Å²) in [4.78, 5) is 17.7. The van der Waals surface area contributed by atoms with Gasteiger partial charge in [-0.1, -0.05) is 47.3 Å². The Balaban J connectivity index is 1.78. The molecule has 0 saturated heterocycles. The minimum Gasteiger partial charge on any atom is -0.340 e. The van der Waals surface area contributed by atoms with E-state index in [0.717, 1.165) is 22.3 Å². The maximum atomic E-state index is 13.5. The van der Waals surface area contributed by atoms with E-state index in [1.54, 1.807) is 11.5 Å². The lowest BCUT2D eigenvalue weighted by atomic mass is 10.1. The molecule has 5 rings (SSSR count). The van der Waals surface area contributed by atoms with Gasteiger partial charge in [0.05, 0.1) is 22.3 Å². The molecule has 0 spiro atoms. The number of hydrogen-bond donors (Lipinski definition) is 0. The van der Waals surface area contributed by atoms with E-state index < -0.39 is 0 Å². The second kappa shape index (κ2) is 7.10. The Bertz CT molecular complexity index is 1450. The molecule has 0 amide bonds. The second-order valence-electron chi connectivity index (χ2n) is 7.03. The van der Waals surface area contributed by atoms with E-state index >= 15 is 0 Å². The zero-order valence-corrected chi connectivity index (χ0v) is 17.5. The van der Waals surface area contributed by atoms with Crippen LogP contribution in [-0.4, -0.2) is 29.3 Å². The van der Waals surface area contributed by atoms with E-state index in [-0.39, 0.29) is 5.56 Å². The first kappa shape index (κ1) is 18.6. The third kappa shape index (κ3) is 2.89. The van der Waals surface area contributed by atoms with E-state index in [2.05, 4.69) is 20.3 Å². The second-order valence-corrected chi connectivity index (χ2v) is 7.98. The smallest absolute Gasteiger partial charge is 0.267 e. The molecule has 3 heterocycles. The largest absolute Gasteiger partial charge is 0.340 e. The Kier molecular flexibility index (Phi) is 4.39. The Hall–Kier alpha value is -3.46.